The molecule has 1 rings (SSSR count). The number of ether oxygens (including phenoxy) is 2. The van der Waals surface area contributed by atoms with E-state index < -0.39 is 0 Å². The van der Waals surface area contributed by atoms with Crippen molar-refractivity contribution in [2.24, 2.45) is 0 Å². The van der Waals surface area contributed by atoms with Crippen LogP contribution in [0.4, 0.5) is 0 Å². The average molecular weight is 300 g/mol. The lowest BCUT2D eigenvalue weighted by Crippen LogP contribution is -2.52. The maximum atomic E-state index is 12.2. The van der Waals surface area contributed by atoms with E-state index in [-0.39, 0.29) is 24.0 Å². The molecule has 0 spiro atoms. The Hall–Kier alpha value is -1.14. The molecule has 1 N–H and O–H groups in total. The van der Waals surface area contributed by atoms with Crippen molar-refractivity contribution in [3.05, 3.63) is 0 Å². The number of carbonyl (C=O) groups is 2. The molecule has 1 heterocycles. The van der Waals surface area contributed by atoms with Crippen LogP contribution in [0.1, 0.15) is 39.0 Å². The predicted octanol–water partition coefficient (Wildman–Crippen LogP) is 0.945. The minimum atomic E-state index is -0.220. The summed E-state index contributed by atoms with van der Waals surface area (Å²) in [5.74, 6) is -0.192. The minimum Gasteiger partial charge on any atom is -0.469 e. The summed E-state index contributed by atoms with van der Waals surface area (Å²) < 4.78 is 9.71. The molecule has 2 atom stereocenters. The van der Waals surface area contributed by atoms with Crippen LogP contribution in [0.15, 0.2) is 0 Å². The van der Waals surface area contributed by atoms with Crippen LogP contribution in [-0.2, 0) is 19.1 Å². The van der Waals surface area contributed by atoms with Crippen LogP contribution >= 0.6 is 0 Å². The highest BCUT2D eigenvalue weighted by molar-refractivity contribution is 5.81. The fourth-order valence-corrected chi connectivity index (χ4v) is 2.75. The number of rotatable bonds is 8. The summed E-state index contributed by atoms with van der Waals surface area (Å²) in [6.07, 6.45) is 4.27. The molecule has 1 aliphatic rings. The van der Waals surface area contributed by atoms with E-state index in [0.29, 0.717) is 19.6 Å². The number of hydrogen-bond donors (Lipinski definition) is 1. The first kappa shape index (κ1) is 17.9. The van der Waals surface area contributed by atoms with Gasteiger partial charge in [0.15, 0.2) is 0 Å². The zero-order valence-electron chi connectivity index (χ0n) is 13.4. The normalized spacial score (nSPS) is 20.8. The van der Waals surface area contributed by atoms with Gasteiger partial charge in [-0.2, -0.15) is 0 Å². The lowest BCUT2D eigenvalue weighted by Gasteiger charge is -2.38. The molecule has 0 aromatic rings. The molecule has 1 saturated heterocycles. The third-order valence-electron chi connectivity index (χ3n) is 4.00. The van der Waals surface area contributed by atoms with E-state index in [1.807, 2.05) is 6.92 Å². The summed E-state index contributed by atoms with van der Waals surface area (Å²) in [5, 5.41) is 2.93. The summed E-state index contributed by atoms with van der Waals surface area (Å²) in [5.41, 5.74) is 0. The van der Waals surface area contributed by atoms with Gasteiger partial charge in [-0.1, -0.05) is 6.42 Å². The van der Waals surface area contributed by atoms with Crippen LogP contribution in [0, 0.1) is 0 Å². The first-order chi connectivity index (χ1) is 10.1. The summed E-state index contributed by atoms with van der Waals surface area (Å²) in [4.78, 5) is 25.8. The second-order valence-corrected chi connectivity index (χ2v) is 5.48. The molecule has 0 bridgehead atoms. The number of hydrogen-bond acceptors (Lipinski definition) is 5. The number of carbonyl (C=O) groups excluding carboxylic acids is 2. The van der Waals surface area contributed by atoms with Gasteiger partial charge in [0.1, 0.15) is 0 Å². The Balaban J connectivity index is 2.49. The van der Waals surface area contributed by atoms with Crippen molar-refractivity contribution in [3.8, 4) is 0 Å². The predicted molar refractivity (Wildman–Crippen MR) is 79.9 cm³/mol. The van der Waals surface area contributed by atoms with E-state index >= 15 is 0 Å². The van der Waals surface area contributed by atoms with E-state index in [1.165, 1.54) is 7.11 Å². The molecule has 0 aliphatic carbocycles. The van der Waals surface area contributed by atoms with Crippen LogP contribution < -0.4 is 5.32 Å². The van der Waals surface area contributed by atoms with E-state index in [0.717, 1.165) is 32.2 Å². The summed E-state index contributed by atoms with van der Waals surface area (Å²) >= 11 is 0. The molecule has 21 heavy (non-hydrogen) atoms. The largest absolute Gasteiger partial charge is 0.469 e. The lowest BCUT2D eigenvalue weighted by molar-refractivity contribution is -0.143. The molecule has 2 unspecified atom stereocenters. The van der Waals surface area contributed by atoms with Gasteiger partial charge in [0.2, 0.25) is 5.91 Å². The van der Waals surface area contributed by atoms with Gasteiger partial charge in [-0.15, -0.1) is 0 Å². The smallest absolute Gasteiger partial charge is 0.307 e. The molecule has 6 nitrogen and oxygen atoms in total. The van der Waals surface area contributed by atoms with Crippen molar-refractivity contribution in [1.29, 1.82) is 0 Å². The highest BCUT2D eigenvalue weighted by Gasteiger charge is 2.31. The van der Waals surface area contributed by atoms with Crippen molar-refractivity contribution in [2.45, 2.75) is 51.1 Å². The number of methoxy groups -OCH3 is 2. The van der Waals surface area contributed by atoms with Gasteiger partial charge in [-0.05, 0) is 32.7 Å². The number of likely N-dealkylation sites (tertiary alicyclic amines) is 1. The Morgan fingerprint density at radius 2 is 2.10 bits per heavy atom. The van der Waals surface area contributed by atoms with Crippen LogP contribution in [0.25, 0.3) is 0 Å². The molecule has 0 saturated carbocycles. The molecule has 1 amide bonds. The number of esters is 1. The Morgan fingerprint density at radius 1 is 1.33 bits per heavy atom. The number of nitrogens with one attached hydrogen (secondary N) is 1. The molecule has 1 aliphatic heterocycles. The van der Waals surface area contributed by atoms with Gasteiger partial charge in [-0.3, -0.25) is 14.5 Å². The van der Waals surface area contributed by atoms with Gasteiger partial charge < -0.3 is 14.8 Å². The fourth-order valence-electron chi connectivity index (χ4n) is 2.75. The van der Waals surface area contributed by atoms with Crippen LogP contribution in [-0.4, -0.2) is 62.8 Å². The van der Waals surface area contributed by atoms with Crippen molar-refractivity contribution < 1.29 is 19.1 Å². The van der Waals surface area contributed by atoms with Gasteiger partial charge >= 0.3 is 5.97 Å². The molecule has 1 fully saturated rings. The van der Waals surface area contributed by atoms with Crippen molar-refractivity contribution in [2.75, 3.05) is 33.9 Å². The SMILES string of the molecule is COCCCNC(=O)C(C)N1CCCCC1CC(=O)OC. The third-order valence-corrected chi connectivity index (χ3v) is 4.00. The molecule has 122 valence electrons. The van der Waals surface area contributed by atoms with E-state index in [4.69, 9.17) is 9.47 Å². The number of amides is 1. The minimum absolute atomic E-state index is 0.0165. The average Bonchev–Trinajstić information content (AvgIpc) is 2.51. The molecular formula is C15H28N2O4. The Morgan fingerprint density at radius 3 is 2.76 bits per heavy atom. The first-order valence-corrected chi connectivity index (χ1v) is 7.69. The van der Waals surface area contributed by atoms with Crippen LogP contribution in [0.5, 0.6) is 0 Å². The summed E-state index contributed by atoms with van der Waals surface area (Å²) in [6.45, 7) is 4.02. The maximum Gasteiger partial charge on any atom is 0.307 e. The monoisotopic (exact) mass is 300 g/mol. The van der Waals surface area contributed by atoms with E-state index in [2.05, 4.69) is 10.2 Å². The standard InChI is InChI=1S/C15H28N2O4/c1-12(15(19)16-8-6-10-20-2)17-9-5-4-7-13(17)11-14(18)21-3/h12-13H,4-11H2,1-3H3,(H,16,19). The van der Waals surface area contributed by atoms with Gasteiger partial charge in [0.25, 0.3) is 0 Å². The van der Waals surface area contributed by atoms with Crippen molar-refractivity contribution in [3.63, 3.8) is 0 Å². The van der Waals surface area contributed by atoms with Crippen LogP contribution in [0.2, 0.25) is 0 Å². The van der Waals surface area contributed by atoms with Gasteiger partial charge in [-0.25, -0.2) is 0 Å². The van der Waals surface area contributed by atoms with Crippen molar-refractivity contribution >= 4 is 11.9 Å². The quantitative estimate of drug-likeness (QED) is 0.534. The van der Waals surface area contributed by atoms with E-state index in [9.17, 15) is 9.59 Å². The molecule has 0 aromatic carbocycles. The van der Waals surface area contributed by atoms with Crippen LogP contribution in [0.3, 0.4) is 0 Å². The number of piperidine rings is 1. The molecular weight excluding hydrogens is 272 g/mol. The molecule has 0 radical (unpaired) electrons. The molecule has 0 aromatic heterocycles. The fraction of sp³-hybridized carbons (Fsp3) is 0.867. The summed E-state index contributed by atoms with van der Waals surface area (Å²) in [6, 6.07) is -0.117. The topological polar surface area (TPSA) is 67.9 Å². The lowest BCUT2D eigenvalue weighted by atomic mass is 9.97. The second-order valence-electron chi connectivity index (χ2n) is 5.48. The Kier molecular flexibility index (Phi) is 8.30. The van der Waals surface area contributed by atoms with Crippen molar-refractivity contribution in [1.82, 2.24) is 10.2 Å². The summed E-state index contributed by atoms with van der Waals surface area (Å²) in [7, 11) is 3.05. The number of nitrogens with zero attached hydrogens (tertiary/aromatic N) is 1. The maximum absolute atomic E-state index is 12.2. The van der Waals surface area contributed by atoms with E-state index in [1.54, 1.807) is 7.11 Å². The first-order valence-electron chi connectivity index (χ1n) is 7.69. The Labute approximate surface area is 127 Å². The highest BCUT2D eigenvalue weighted by Crippen LogP contribution is 2.22. The highest BCUT2D eigenvalue weighted by atomic mass is 16.5. The second kappa shape index (κ2) is 9.73. The van der Waals surface area contributed by atoms with Gasteiger partial charge in [0, 0.05) is 26.3 Å². The molecule has 6 heteroatoms. The Bertz CT molecular complexity index is 336. The zero-order chi connectivity index (χ0) is 15.7. The third kappa shape index (κ3) is 6.01. The zero-order valence-corrected chi connectivity index (χ0v) is 13.4. The van der Waals surface area contributed by atoms with Gasteiger partial charge in [0.05, 0.1) is 19.6 Å².